The van der Waals surface area contributed by atoms with Gasteiger partial charge in [-0.2, -0.15) is 0 Å². The standard InChI is InChI=1S/C9H7Cl3N4/c10-8-6-9(14-16(12)13-8)15(11)7-4-2-1-3-5-7/h1-6,13H. The Morgan fingerprint density at radius 1 is 1.25 bits per heavy atom. The van der Waals surface area contributed by atoms with Crippen LogP contribution in [0.5, 0.6) is 0 Å². The van der Waals surface area contributed by atoms with Crippen molar-refractivity contribution < 1.29 is 0 Å². The third kappa shape index (κ3) is 2.52. The minimum absolute atomic E-state index is 0.335. The van der Waals surface area contributed by atoms with E-state index in [-0.39, 0.29) is 0 Å². The van der Waals surface area contributed by atoms with E-state index in [1.807, 2.05) is 30.3 Å². The van der Waals surface area contributed by atoms with E-state index >= 15 is 0 Å². The second kappa shape index (κ2) is 4.82. The van der Waals surface area contributed by atoms with Crippen molar-refractivity contribution in [1.82, 2.24) is 10.1 Å². The molecule has 84 valence electrons. The highest BCUT2D eigenvalue weighted by Crippen LogP contribution is 2.20. The summed E-state index contributed by atoms with van der Waals surface area (Å²) in [7, 11) is 0. The van der Waals surface area contributed by atoms with Crippen molar-refractivity contribution in [3.63, 3.8) is 0 Å². The largest absolute Gasteiger partial charge is 0.256 e. The summed E-state index contributed by atoms with van der Waals surface area (Å²) in [4.78, 5) is 0. The van der Waals surface area contributed by atoms with Crippen molar-refractivity contribution in [2.24, 2.45) is 5.10 Å². The maximum absolute atomic E-state index is 6.10. The molecule has 0 unspecified atom stereocenters. The Kier molecular flexibility index (Phi) is 3.43. The first-order chi connectivity index (χ1) is 7.66. The number of benzene rings is 1. The van der Waals surface area contributed by atoms with Gasteiger partial charge in [0.05, 0.1) is 17.5 Å². The molecule has 4 nitrogen and oxygen atoms in total. The zero-order valence-corrected chi connectivity index (χ0v) is 10.2. The summed E-state index contributed by atoms with van der Waals surface area (Å²) in [6.07, 6.45) is 1.57. The fourth-order valence-corrected chi connectivity index (χ4v) is 1.75. The van der Waals surface area contributed by atoms with Crippen LogP contribution in [0.15, 0.2) is 46.7 Å². The third-order valence-corrected chi connectivity index (χ3v) is 2.55. The molecule has 0 atom stereocenters. The van der Waals surface area contributed by atoms with Crippen LogP contribution >= 0.6 is 35.2 Å². The first-order valence-corrected chi connectivity index (χ1v) is 5.41. The predicted molar refractivity (Wildman–Crippen MR) is 67.0 cm³/mol. The number of hydrogen-bond donors (Lipinski definition) is 1. The van der Waals surface area contributed by atoms with E-state index in [0.717, 1.165) is 10.3 Å². The van der Waals surface area contributed by atoms with E-state index in [9.17, 15) is 0 Å². The monoisotopic (exact) mass is 276 g/mol. The van der Waals surface area contributed by atoms with Gasteiger partial charge in [0.15, 0.2) is 5.84 Å². The average Bonchev–Trinajstić information content (AvgIpc) is 2.28. The molecule has 0 aromatic heterocycles. The van der Waals surface area contributed by atoms with E-state index < -0.39 is 0 Å². The quantitative estimate of drug-likeness (QED) is 0.632. The van der Waals surface area contributed by atoms with Crippen LogP contribution in [0.2, 0.25) is 0 Å². The lowest BCUT2D eigenvalue weighted by molar-refractivity contribution is 0.404. The smallest absolute Gasteiger partial charge is 0.174 e. The van der Waals surface area contributed by atoms with Crippen LogP contribution in [0, 0.1) is 0 Å². The molecule has 7 heteroatoms. The summed E-state index contributed by atoms with van der Waals surface area (Å²) in [5, 5.41) is 4.28. The number of hydrazone groups is 1. The first kappa shape index (κ1) is 11.4. The van der Waals surface area contributed by atoms with Gasteiger partial charge in [-0.15, -0.1) is 9.74 Å². The summed E-state index contributed by atoms with van der Waals surface area (Å²) in [6.45, 7) is 0. The molecule has 2 rings (SSSR count). The summed E-state index contributed by atoms with van der Waals surface area (Å²) in [6, 6.07) is 9.33. The molecule has 1 heterocycles. The highest BCUT2D eigenvalue weighted by Gasteiger charge is 2.15. The molecule has 0 radical (unpaired) electrons. The van der Waals surface area contributed by atoms with E-state index in [4.69, 9.17) is 35.2 Å². The number of para-hydroxylation sites is 1. The summed E-state index contributed by atoms with van der Waals surface area (Å²) >= 11 is 17.6. The van der Waals surface area contributed by atoms with Gasteiger partial charge in [0.2, 0.25) is 0 Å². The van der Waals surface area contributed by atoms with Gasteiger partial charge >= 0.3 is 0 Å². The van der Waals surface area contributed by atoms with Gasteiger partial charge < -0.3 is 0 Å². The number of hydrazine groups is 1. The first-order valence-electron chi connectivity index (χ1n) is 4.36. The summed E-state index contributed by atoms with van der Waals surface area (Å²) < 4.78 is 2.33. The zero-order valence-electron chi connectivity index (χ0n) is 7.94. The number of halogens is 3. The molecule has 1 aliphatic heterocycles. The Bertz CT molecular complexity index is 432. The Balaban J connectivity index is 2.26. The highest BCUT2D eigenvalue weighted by atomic mass is 35.5. The molecule has 1 N–H and O–H groups in total. The molecule has 0 fully saturated rings. The van der Waals surface area contributed by atoms with Crippen molar-refractivity contribution in [2.75, 3.05) is 4.42 Å². The Morgan fingerprint density at radius 3 is 2.56 bits per heavy atom. The molecule has 1 aromatic rings. The molecule has 1 aromatic carbocycles. The number of amidine groups is 1. The molecule has 0 aliphatic carbocycles. The van der Waals surface area contributed by atoms with Crippen LogP contribution in [0.25, 0.3) is 0 Å². The van der Waals surface area contributed by atoms with Crippen molar-refractivity contribution in [1.29, 1.82) is 0 Å². The van der Waals surface area contributed by atoms with Crippen LogP contribution in [-0.4, -0.2) is 10.5 Å². The number of nitrogens with one attached hydrogen (secondary N) is 1. The molecule has 16 heavy (non-hydrogen) atoms. The SMILES string of the molecule is ClC1=CC(N(Cl)c2ccccc2)=NN(Cl)N1. The Hall–Kier alpha value is -1.10. The van der Waals surface area contributed by atoms with Crippen LogP contribution in [0.4, 0.5) is 5.69 Å². The lowest BCUT2D eigenvalue weighted by Gasteiger charge is -2.22. The normalized spacial score (nSPS) is 15.1. The number of hydrogen-bond acceptors (Lipinski definition) is 4. The van der Waals surface area contributed by atoms with Gasteiger partial charge in [-0.05, 0) is 12.1 Å². The average molecular weight is 278 g/mol. The number of nitrogens with zero attached hydrogens (tertiary/aromatic N) is 3. The molecular weight excluding hydrogens is 270 g/mol. The Morgan fingerprint density at radius 2 is 1.94 bits per heavy atom. The fraction of sp³-hybridized carbons (Fsp3) is 0. The number of anilines is 1. The Labute approximate surface area is 108 Å². The zero-order chi connectivity index (χ0) is 11.5. The van der Waals surface area contributed by atoms with Gasteiger partial charge in [-0.1, -0.05) is 29.8 Å². The minimum Gasteiger partial charge on any atom is -0.256 e. The van der Waals surface area contributed by atoms with Crippen molar-refractivity contribution in [2.45, 2.75) is 0 Å². The third-order valence-electron chi connectivity index (χ3n) is 1.83. The summed E-state index contributed by atoms with van der Waals surface area (Å²) in [5.41, 5.74) is 3.34. The topological polar surface area (TPSA) is 30.9 Å². The second-order valence-corrected chi connectivity index (χ2v) is 4.00. The summed E-state index contributed by atoms with van der Waals surface area (Å²) in [5.74, 6) is 0.423. The highest BCUT2D eigenvalue weighted by molar-refractivity contribution is 6.41. The predicted octanol–water partition coefficient (Wildman–Crippen LogP) is 3.01. The van der Waals surface area contributed by atoms with Gasteiger partial charge in [-0.3, -0.25) is 5.43 Å². The van der Waals surface area contributed by atoms with Crippen LogP contribution < -0.4 is 9.84 Å². The van der Waals surface area contributed by atoms with E-state index in [1.54, 1.807) is 6.08 Å². The second-order valence-electron chi connectivity index (χ2n) is 2.94. The van der Waals surface area contributed by atoms with Crippen molar-refractivity contribution in [3.8, 4) is 0 Å². The molecular formula is C9H7Cl3N4. The lowest BCUT2D eigenvalue weighted by atomic mass is 10.3. The molecule has 0 spiro atoms. The molecule has 0 bridgehead atoms. The maximum Gasteiger partial charge on any atom is 0.174 e. The van der Waals surface area contributed by atoms with E-state index in [1.165, 1.54) is 4.42 Å². The van der Waals surface area contributed by atoms with Crippen LogP contribution in [0.1, 0.15) is 0 Å². The van der Waals surface area contributed by atoms with E-state index in [0.29, 0.717) is 11.0 Å². The molecule has 0 saturated carbocycles. The van der Waals surface area contributed by atoms with Gasteiger partial charge in [0.1, 0.15) is 5.16 Å². The van der Waals surface area contributed by atoms with Crippen molar-refractivity contribution >= 4 is 46.7 Å². The van der Waals surface area contributed by atoms with Gasteiger partial charge in [-0.25, -0.2) is 4.42 Å². The molecule has 0 amide bonds. The van der Waals surface area contributed by atoms with E-state index in [2.05, 4.69) is 10.5 Å². The van der Waals surface area contributed by atoms with Gasteiger partial charge in [0, 0.05) is 17.9 Å². The molecule has 0 saturated heterocycles. The number of rotatable bonds is 1. The fourth-order valence-electron chi connectivity index (χ4n) is 1.16. The van der Waals surface area contributed by atoms with Gasteiger partial charge in [0.25, 0.3) is 0 Å². The maximum atomic E-state index is 6.10. The molecule has 1 aliphatic rings. The minimum atomic E-state index is 0.335. The lowest BCUT2D eigenvalue weighted by Crippen LogP contribution is -2.32. The van der Waals surface area contributed by atoms with Crippen molar-refractivity contribution in [3.05, 3.63) is 41.6 Å². The van der Waals surface area contributed by atoms with Crippen LogP contribution in [-0.2, 0) is 0 Å². The van der Waals surface area contributed by atoms with Crippen LogP contribution in [0.3, 0.4) is 0 Å².